The standard InChI is InChI=1S/C24H28BrN5O3/c1-14(25)17-11-15(26-5)12-18-20(17)19-13-27-30(21(19)28(6)22(18)31)16-7-9-29(10-8-16)23(32)33-24(2,3)4/h11-14,16H,7-10H2,1-4,6H3. The van der Waals surface area contributed by atoms with Crippen LogP contribution in [0.5, 0.6) is 0 Å². The zero-order chi connectivity index (χ0) is 24.1. The van der Waals surface area contributed by atoms with Gasteiger partial charge in [-0.2, -0.15) is 5.10 Å². The maximum absolute atomic E-state index is 13.3. The first kappa shape index (κ1) is 23.3. The van der Waals surface area contributed by atoms with Crippen LogP contribution in [-0.2, 0) is 11.8 Å². The number of ether oxygens (including phenoxy) is 1. The molecular weight excluding hydrogens is 486 g/mol. The summed E-state index contributed by atoms with van der Waals surface area (Å²) < 4.78 is 9.06. The van der Waals surface area contributed by atoms with E-state index in [0.29, 0.717) is 24.2 Å². The number of hydrogen-bond acceptors (Lipinski definition) is 4. The number of aryl methyl sites for hydroxylation is 1. The lowest BCUT2D eigenvalue weighted by Gasteiger charge is -2.33. The first-order valence-corrected chi connectivity index (χ1v) is 12.0. The number of rotatable bonds is 2. The van der Waals surface area contributed by atoms with E-state index in [4.69, 9.17) is 11.3 Å². The van der Waals surface area contributed by atoms with Gasteiger partial charge in [-0.05, 0) is 52.2 Å². The Morgan fingerprint density at radius 2 is 1.94 bits per heavy atom. The van der Waals surface area contributed by atoms with Gasteiger partial charge in [0.1, 0.15) is 11.2 Å². The van der Waals surface area contributed by atoms with Gasteiger partial charge >= 0.3 is 6.09 Å². The second-order valence-corrected chi connectivity index (χ2v) is 10.9. The first-order chi connectivity index (χ1) is 15.5. The number of halogens is 1. The van der Waals surface area contributed by atoms with Gasteiger partial charge in [-0.3, -0.25) is 9.36 Å². The average molecular weight is 514 g/mol. The molecule has 1 aliphatic heterocycles. The fourth-order valence-corrected chi connectivity index (χ4v) is 4.89. The molecule has 0 radical (unpaired) electrons. The van der Waals surface area contributed by atoms with Gasteiger partial charge in [-0.1, -0.05) is 22.0 Å². The Labute approximate surface area is 201 Å². The van der Waals surface area contributed by atoms with Gasteiger partial charge in [-0.25, -0.2) is 14.3 Å². The Balaban J connectivity index is 1.75. The maximum Gasteiger partial charge on any atom is 0.410 e. The van der Waals surface area contributed by atoms with Crippen molar-refractivity contribution in [1.29, 1.82) is 0 Å². The van der Waals surface area contributed by atoms with E-state index in [1.807, 2.05) is 44.6 Å². The summed E-state index contributed by atoms with van der Waals surface area (Å²) in [5.74, 6) is 0. The summed E-state index contributed by atoms with van der Waals surface area (Å²) >= 11 is 3.63. The van der Waals surface area contributed by atoms with Crippen LogP contribution < -0.4 is 5.56 Å². The van der Waals surface area contributed by atoms with Gasteiger partial charge in [0, 0.05) is 41.1 Å². The number of carbonyl (C=O) groups excluding carboxylic acids is 1. The number of carbonyl (C=O) groups is 1. The molecule has 33 heavy (non-hydrogen) atoms. The molecule has 3 aromatic rings. The van der Waals surface area contributed by atoms with E-state index in [1.165, 1.54) is 0 Å². The summed E-state index contributed by atoms with van der Waals surface area (Å²) in [5.41, 5.74) is 1.43. The molecule has 0 aliphatic carbocycles. The maximum atomic E-state index is 13.3. The number of benzene rings is 1. The minimum atomic E-state index is -0.525. The predicted molar refractivity (Wildman–Crippen MR) is 132 cm³/mol. The number of piperidine rings is 1. The number of amides is 1. The second kappa shape index (κ2) is 8.49. The molecule has 1 unspecified atom stereocenters. The highest BCUT2D eigenvalue weighted by atomic mass is 79.9. The van der Waals surface area contributed by atoms with E-state index < -0.39 is 5.60 Å². The Bertz CT molecular complexity index is 1330. The molecule has 8 nitrogen and oxygen atoms in total. The van der Waals surface area contributed by atoms with Crippen LogP contribution in [0.15, 0.2) is 23.1 Å². The van der Waals surface area contributed by atoms with E-state index in [9.17, 15) is 9.59 Å². The normalized spacial score (nSPS) is 16.2. The molecule has 0 saturated carbocycles. The molecule has 4 rings (SSSR count). The Kier molecular flexibility index (Phi) is 5.99. The van der Waals surface area contributed by atoms with Crippen LogP contribution in [0.1, 0.15) is 57.0 Å². The number of pyridine rings is 1. The molecule has 1 atom stereocenters. The molecule has 3 heterocycles. The van der Waals surface area contributed by atoms with Gasteiger partial charge in [0.25, 0.3) is 5.56 Å². The number of nitrogens with zero attached hydrogens (tertiary/aromatic N) is 5. The predicted octanol–water partition coefficient (Wildman–Crippen LogP) is 5.47. The van der Waals surface area contributed by atoms with Crippen molar-refractivity contribution in [2.45, 2.75) is 57.0 Å². The molecule has 0 spiro atoms. The fraction of sp³-hybridized carbons (Fsp3) is 0.500. The lowest BCUT2D eigenvalue weighted by Crippen LogP contribution is -2.42. The highest BCUT2D eigenvalue weighted by Crippen LogP contribution is 2.37. The van der Waals surface area contributed by atoms with Crippen LogP contribution in [0.3, 0.4) is 0 Å². The van der Waals surface area contributed by atoms with Crippen molar-refractivity contribution in [1.82, 2.24) is 19.2 Å². The summed E-state index contributed by atoms with van der Waals surface area (Å²) in [6.07, 6.45) is 2.96. The molecule has 0 N–H and O–H groups in total. The van der Waals surface area contributed by atoms with Crippen molar-refractivity contribution >= 4 is 49.5 Å². The van der Waals surface area contributed by atoms with E-state index in [0.717, 1.165) is 34.8 Å². The third-order valence-corrected chi connectivity index (χ3v) is 6.56. The van der Waals surface area contributed by atoms with Gasteiger partial charge in [0.05, 0.1) is 18.8 Å². The number of hydrogen-bond donors (Lipinski definition) is 0. The quantitative estimate of drug-likeness (QED) is 0.336. The van der Waals surface area contributed by atoms with E-state index >= 15 is 0 Å². The van der Waals surface area contributed by atoms with E-state index in [-0.39, 0.29) is 22.5 Å². The Morgan fingerprint density at radius 1 is 1.27 bits per heavy atom. The SMILES string of the molecule is [C-]#[N+]c1cc(C(C)Br)c2c(c1)c(=O)n(C)c1c2cnn1C1CCN(C(=O)OC(C)(C)C)CC1. The highest BCUT2D eigenvalue weighted by Gasteiger charge is 2.29. The summed E-state index contributed by atoms with van der Waals surface area (Å²) in [4.78, 5) is 31.0. The zero-order valence-corrected chi connectivity index (χ0v) is 21.1. The van der Waals surface area contributed by atoms with Crippen LogP contribution in [0, 0.1) is 6.57 Å². The van der Waals surface area contributed by atoms with Crippen molar-refractivity contribution in [2.24, 2.45) is 7.05 Å². The van der Waals surface area contributed by atoms with Crippen LogP contribution in [0.4, 0.5) is 10.5 Å². The third-order valence-electron chi connectivity index (χ3n) is 6.06. The first-order valence-electron chi connectivity index (χ1n) is 11.0. The molecule has 1 aliphatic rings. The molecule has 1 amide bonds. The van der Waals surface area contributed by atoms with Crippen LogP contribution in [0.2, 0.25) is 0 Å². The van der Waals surface area contributed by atoms with Crippen molar-refractivity contribution in [3.05, 3.63) is 45.7 Å². The highest BCUT2D eigenvalue weighted by molar-refractivity contribution is 9.09. The summed E-state index contributed by atoms with van der Waals surface area (Å²) in [5, 5.41) is 6.94. The van der Waals surface area contributed by atoms with E-state index in [1.54, 1.807) is 22.6 Å². The Hall–Kier alpha value is -2.86. The number of likely N-dealkylation sites (tertiary alicyclic amines) is 1. The molecule has 174 valence electrons. The molecular formula is C24H28BrN5O3. The molecule has 9 heteroatoms. The largest absolute Gasteiger partial charge is 0.444 e. The minimum Gasteiger partial charge on any atom is -0.444 e. The number of alkyl halides is 1. The van der Waals surface area contributed by atoms with Gasteiger partial charge in [0.2, 0.25) is 0 Å². The van der Waals surface area contributed by atoms with Crippen LogP contribution in [0.25, 0.3) is 26.7 Å². The third kappa shape index (κ3) is 4.24. The molecule has 1 saturated heterocycles. The average Bonchev–Trinajstić information content (AvgIpc) is 3.20. The molecule has 1 aromatic carbocycles. The van der Waals surface area contributed by atoms with Crippen molar-refractivity contribution in [2.75, 3.05) is 13.1 Å². The van der Waals surface area contributed by atoms with Crippen LogP contribution in [-0.4, -0.2) is 44.0 Å². The van der Waals surface area contributed by atoms with Crippen molar-refractivity contribution < 1.29 is 9.53 Å². The number of aromatic nitrogens is 3. The van der Waals surface area contributed by atoms with Gasteiger partial charge < -0.3 is 9.64 Å². The fourth-order valence-electron chi connectivity index (χ4n) is 4.53. The monoisotopic (exact) mass is 513 g/mol. The van der Waals surface area contributed by atoms with Gasteiger partial charge in [0.15, 0.2) is 5.69 Å². The minimum absolute atomic E-state index is 0.0302. The topological polar surface area (TPSA) is 73.7 Å². The van der Waals surface area contributed by atoms with Crippen LogP contribution >= 0.6 is 15.9 Å². The summed E-state index contributed by atoms with van der Waals surface area (Å²) in [6, 6.07) is 3.57. The summed E-state index contributed by atoms with van der Waals surface area (Å²) in [6.45, 7) is 16.1. The number of fused-ring (bicyclic) bond motifs is 3. The summed E-state index contributed by atoms with van der Waals surface area (Å²) in [7, 11) is 1.75. The second-order valence-electron chi connectivity index (χ2n) is 9.57. The molecule has 2 aromatic heterocycles. The smallest absolute Gasteiger partial charge is 0.410 e. The van der Waals surface area contributed by atoms with E-state index in [2.05, 4.69) is 25.9 Å². The molecule has 0 bridgehead atoms. The van der Waals surface area contributed by atoms with Crippen molar-refractivity contribution in [3.8, 4) is 0 Å². The molecule has 1 fully saturated rings. The lowest BCUT2D eigenvalue weighted by molar-refractivity contribution is 0.0186. The van der Waals surface area contributed by atoms with Crippen molar-refractivity contribution in [3.63, 3.8) is 0 Å². The lowest BCUT2D eigenvalue weighted by atomic mass is 10.00. The Morgan fingerprint density at radius 3 is 2.52 bits per heavy atom. The van der Waals surface area contributed by atoms with Gasteiger partial charge in [-0.15, -0.1) is 0 Å². The zero-order valence-electron chi connectivity index (χ0n) is 19.6.